The second-order valence-electron chi connectivity index (χ2n) is 7.89. The van der Waals surface area contributed by atoms with Gasteiger partial charge in [0.05, 0.1) is 16.6 Å². The van der Waals surface area contributed by atoms with Crippen LogP contribution < -0.4 is 0 Å². The molecule has 0 saturated carbocycles. The number of imidazole rings is 1. The Bertz CT molecular complexity index is 1840. The van der Waals surface area contributed by atoms with Gasteiger partial charge in [-0.15, -0.1) is 0 Å². The van der Waals surface area contributed by atoms with Crippen LogP contribution in [0.4, 0.5) is 4.39 Å². The van der Waals surface area contributed by atoms with E-state index in [0.717, 1.165) is 33.1 Å². The number of hydrogen-bond donors (Lipinski definition) is 0. The highest BCUT2D eigenvalue weighted by Crippen LogP contribution is 2.37. The second-order valence-corrected chi connectivity index (χ2v) is 7.89. The summed E-state index contributed by atoms with van der Waals surface area (Å²) in [7, 11) is 0. The van der Waals surface area contributed by atoms with Crippen molar-refractivity contribution in [2.24, 2.45) is 0 Å². The average Bonchev–Trinajstić information content (AvgIpc) is 3.40. The molecule has 0 aliphatic heterocycles. The van der Waals surface area contributed by atoms with Crippen LogP contribution in [-0.4, -0.2) is 19.5 Å². The van der Waals surface area contributed by atoms with Crippen LogP contribution in [0.15, 0.2) is 95.4 Å². The van der Waals surface area contributed by atoms with Gasteiger partial charge in [0.25, 0.3) is 0 Å². The van der Waals surface area contributed by atoms with Crippen molar-refractivity contribution in [2.75, 3.05) is 0 Å². The third-order valence-corrected chi connectivity index (χ3v) is 5.89. The lowest BCUT2D eigenvalue weighted by Gasteiger charge is -2.09. The molecule has 4 aromatic carbocycles. The first-order valence-corrected chi connectivity index (χ1v) is 10.6. The van der Waals surface area contributed by atoms with E-state index in [-0.39, 0.29) is 5.82 Å². The van der Waals surface area contributed by atoms with Crippen LogP contribution in [0.1, 0.15) is 0 Å². The molecule has 0 radical (unpaired) electrons. The van der Waals surface area contributed by atoms with E-state index in [1.807, 2.05) is 77.4 Å². The standard InChI is InChI=1S/C27H15FN4O/c28-16-13-14-18-19-9-6-10-20(24(19)33-23(18)15-16)26-31-25-27(32(26)17-7-2-1-3-8-17)30-22-12-5-4-11-21(22)29-25/h1-15H. The second kappa shape index (κ2) is 6.71. The quantitative estimate of drug-likeness (QED) is 0.307. The third-order valence-electron chi connectivity index (χ3n) is 5.89. The Labute approximate surface area is 186 Å². The first kappa shape index (κ1) is 18.0. The maximum absolute atomic E-state index is 13.9. The van der Waals surface area contributed by atoms with Gasteiger partial charge in [-0.1, -0.05) is 42.5 Å². The van der Waals surface area contributed by atoms with E-state index in [9.17, 15) is 4.39 Å². The van der Waals surface area contributed by atoms with E-state index in [4.69, 9.17) is 19.4 Å². The van der Waals surface area contributed by atoms with Crippen LogP contribution >= 0.6 is 0 Å². The molecule has 33 heavy (non-hydrogen) atoms. The Hall–Kier alpha value is -4.58. The molecule has 0 bridgehead atoms. The molecule has 156 valence electrons. The normalized spacial score (nSPS) is 11.8. The molecule has 0 N–H and O–H groups in total. The fourth-order valence-corrected chi connectivity index (χ4v) is 4.41. The molecule has 0 fully saturated rings. The number of furan rings is 1. The molecule has 7 rings (SSSR count). The Kier molecular flexibility index (Phi) is 3.67. The topological polar surface area (TPSA) is 56.7 Å². The predicted octanol–water partition coefficient (Wildman–Crippen LogP) is 6.67. The first-order chi connectivity index (χ1) is 16.3. The maximum atomic E-state index is 13.9. The lowest BCUT2D eigenvalue weighted by molar-refractivity contribution is 0.618. The van der Waals surface area contributed by atoms with Gasteiger partial charge >= 0.3 is 0 Å². The Morgan fingerprint density at radius 1 is 0.697 bits per heavy atom. The Morgan fingerprint density at radius 2 is 1.48 bits per heavy atom. The fourth-order valence-electron chi connectivity index (χ4n) is 4.41. The predicted molar refractivity (Wildman–Crippen MR) is 127 cm³/mol. The van der Waals surface area contributed by atoms with Gasteiger partial charge in [0.2, 0.25) is 0 Å². The summed E-state index contributed by atoms with van der Waals surface area (Å²) >= 11 is 0. The number of fused-ring (bicyclic) bond motifs is 5. The molecule has 6 heteroatoms. The maximum Gasteiger partial charge on any atom is 0.199 e. The summed E-state index contributed by atoms with van der Waals surface area (Å²) in [5.41, 5.74) is 5.64. The SMILES string of the molecule is Fc1ccc2c(c1)oc1c(-c3nc4nc5ccccc5nc4n3-c3ccccc3)cccc12. The van der Waals surface area contributed by atoms with E-state index in [0.29, 0.717) is 28.3 Å². The molecule has 3 heterocycles. The average molecular weight is 430 g/mol. The zero-order chi connectivity index (χ0) is 21.9. The molecule has 0 aliphatic rings. The number of benzene rings is 4. The first-order valence-electron chi connectivity index (χ1n) is 10.6. The van der Waals surface area contributed by atoms with Crippen molar-refractivity contribution >= 4 is 44.3 Å². The minimum Gasteiger partial charge on any atom is -0.455 e. The fraction of sp³-hybridized carbons (Fsp3) is 0. The summed E-state index contributed by atoms with van der Waals surface area (Å²) in [6.45, 7) is 0. The number of rotatable bonds is 2. The van der Waals surface area contributed by atoms with Crippen LogP contribution in [0, 0.1) is 5.82 Å². The number of hydrogen-bond acceptors (Lipinski definition) is 4. The van der Waals surface area contributed by atoms with E-state index in [1.165, 1.54) is 12.1 Å². The van der Waals surface area contributed by atoms with Gasteiger partial charge in [0.15, 0.2) is 17.1 Å². The Morgan fingerprint density at radius 3 is 2.33 bits per heavy atom. The summed E-state index contributed by atoms with van der Waals surface area (Å²) in [5, 5.41) is 1.76. The van der Waals surface area contributed by atoms with Gasteiger partial charge in [0.1, 0.15) is 17.0 Å². The number of para-hydroxylation sites is 4. The molecule has 5 nitrogen and oxygen atoms in total. The number of aromatic nitrogens is 4. The van der Waals surface area contributed by atoms with Crippen molar-refractivity contribution < 1.29 is 8.81 Å². The van der Waals surface area contributed by atoms with Gasteiger partial charge in [-0.2, -0.15) is 0 Å². The smallest absolute Gasteiger partial charge is 0.199 e. The van der Waals surface area contributed by atoms with Gasteiger partial charge in [-0.25, -0.2) is 19.3 Å². The lowest BCUT2D eigenvalue weighted by Crippen LogP contribution is -1.99. The minimum atomic E-state index is -0.334. The van der Waals surface area contributed by atoms with Gasteiger partial charge in [-0.05, 0) is 42.5 Å². The summed E-state index contributed by atoms with van der Waals surface area (Å²) < 4.78 is 22.0. The highest BCUT2D eigenvalue weighted by Gasteiger charge is 2.21. The molecular weight excluding hydrogens is 415 g/mol. The zero-order valence-electron chi connectivity index (χ0n) is 17.2. The van der Waals surface area contributed by atoms with Crippen LogP contribution in [0.2, 0.25) is 0 Å². The summed E-state index contributed by atoms with van der Waals surface area (Å²) in [6.07, 6.45) is 0. The number of nitrogens with zero attached hydrogens (tertiary/aromatic N) is 4. The van der Waals surface area contributed by atoms with E-state index in [2.05, 4.69) is 0 Å². The molecule has 0 unspecified atom stereocenters. The molecule has 0 saturated heterocycles. The monoisotopic (exact) mass is 430 g/mol. The molecular formula is C27H15FN4O. The molecule has 7 aromatic rings. The van der Waals surface area contributed by atoms with Crippen molar-refractivity contribution in [3.63, 3.8) is 0 Å². The van der Waals surface area contributed by atoms with Crippen LogP contribution in [0.25, 0.3) is 61.3 Å². The van der Waals surface area contributed by atoms with E-state index < -0.39 is 0 Å². The van der Waals surface area contributed by atoms with E-state index in [1.54, 1.807) is 6.07 Å². The van der Waals surface area contributed by atoms with Crippen LogP contribution in [0.3, 0.4) is 0 Å². The molecule has 0 atom stereocenters. The molecule has 0 spiro atoms. The van der Waals surface area contributed by atoms with E-state index >= 15 is 0 Å². The lowest BCUT2D eigenvalue weighted by atomic mass is 10.1. The summed E-state index contributed by atoms with van der Waals surface area (Å²) in [6, 6.07) is 28.2. The van der Waals surface area contributed by atoms with Crippen LogP contribution in [-0.2, 0) is 0 Å². The summed E-state index contributed by atoms with van der Waals surface area (Å²) in [4.78, 5) is 14.6. The van der Waals surface area contributed by atoms with Crippen molar-refractivity contribution in [1.82, 2.24) is 19.5 Å². The van der Waals surface area contributed by atoms with Gasteiger partial charge in [-0.3, -0.25) is 4.57 Å². The molecule has 0 aliphatic carbocycles. The third kappa shape index (κ3) is 2.67. The van der Waals surface area contributed by atoms with Crippen molar-refractivity contribution in [3.8, 4) is 17.1 Å². The molecule has 0 amide bonds. The Balaban J connectivity index is 1.61. The summed E-state index contributed by atoms with van der Waals surface area (Å²) in [5.74, 6) is 0.330. The number of halogens is 1. The van der Waals surface area contributed by atoms with Crippen LogP contribution in [0.5, 0.6) is 0 Å². The highest BCUT2D eigenvalue weighted by molar-refractivity contribution is 6.09. The highest BCUT2D eigenvalue weighted by atomic mass is 19.1. The van der Waals surface area contributed by atoms with Gasteiger partial charge < -0.3 is 4.42 Å². The van der Waals surface area contributed by atoms with Crippen molar-refractivity contribution in [3.05, 3.63) is 96.8 Å². The van der Waals surface area contributed by atoms with Crippen molar-refractivity contribution in [2.45, 2.75) is 0 Å². The zero-order valence-corrected chi connectivity index (χ0v) is 17.2. The van der Waals surface area contributed by atoms with Gasteiger partial charge in [0, 0.05) is 22.5 Å². The molecule has 3 aromatic heterocycles. The largest absolute Gasteiger partial charge is 0.455 e. The van der Waals surface area contributed by atoms with Crippen molar-refractivity contribution in [1.29, 1.82) is 0 Å². The minimum absolute atomic E-state index is 0.334.